The van der Waals surface area contributed by atoms with Crippen LogP contribution in [0.1, 0.15) is 22.5 Å². The first-order valence-electron chi connectivity index (χ1n) is 6.12. The molecule has 3 heteroatoms. The number of hydrogen-bond donors (Lipinski definition) is 0. The Morgan fingerprint density at radius 1 is 1.16 bits per heavy atom. The van der Waals surface area contributed by atoms with Crippen LogP contribution in [0.3, 0.4) is 0 Å². The third-order valence-electron chi connectivity index (χ3n) is 3.07. The molecule has 0 fully saturated rings. The minimum atomic E-state index is 0.639. The van der Waals surface area contributed by atoms with Gasteiger partial charge >= 0.3 is 0 Å². The zero-order chi connectivity index (χ0) is 13.1. The summed E-state index contributed by atoms with van der Waals surface area (Å²) < 4.78 is 0. The first kappa shape index (κ1) is 11.5. The van der Waals surface area contributed by atoms with E-state index in [1.807, 2.05) is 30.4 Å². The van der Waals surface area contributed by atoms with E-state index >= 15 is 0 Å². The highest BCUT2D eigenvalue weighted by atomic mass is 16.1. The lowest BCUT2D eigenvalue weighted by Gasteiger charge is -2.06. The van der Waals surface area contributed by atoms with Crippen LogP contribution >= 0.6 is 0 Å². The standard InChI is InChI=1S/C16H12N2O/c19-10-12-7-8-15-14(9-12)16(18-11-17-15)13-5-3-1-2-4-6-13/h1-3,5-11H,4H2. The summed E-state index contributed by atoms with van der Waals surface area (Å²) in [6, 6.07) is 5.46. The lowest BCUT2D eigenvalue weighted by Crippen LogP contribution is -1.93. The quantitative estimate of drug-likeness (QED) is 0.765. The molecule has 0 aliphatic heterocycles. The first-order valence-corrected chi connectivity index (χ1v) is 6.12. The second-order valence-electron chi connectivity index (χ2n) is 4.30. The molecule has 1 heterocycles. The maximum absolute atomic E-state index is 10.9. The summed E-state index contributed by atoms with van der Waals surface area (Å²) >= 11 is 0. The van der Waals surface area contributed by atoms with Gasteiger partial charge in [0.1, 0.15) is 12.6 Å². The Bertz CT molecular complexity index is 727. The van der Waals surface area contributed by atoms with E-state index in [4.69, 9.17) is 0 Å². The van der Waals surface area contributed by atoms with Crippen molar-refractivity contribution in [1.29, 1.82) is 0 Å². The molecule has 19 heavy (non-hydrogen) atoms. The molecule has 0 amide bonds. The molecule has 0 unspecified atom stereocenters. The van der Waals surface area contributed by atoms with Gasteiger partial charge in [-0.25, -0.2) is 9.97 Å². The molecule has 1 aromatic heterocycles. The molecule has 0 radical (unpaired) electrons. The van der Waals surface area contributed by atoms with Crippen molar-refractivity contribution in [2.75, 3.05) is 0 Å². The topological polar surface area (TPSA) is 42.9 Å². The zero-order valence-corrected chi connectivity index (χ0v) is 10.3. The molecule has 0 saturated heterocycles. The summed E-state index contributed by atoms with van der Waals surface area (Å²) in [5.74, 6) is 0. The number of carbonyl (C=O) groups excluding carboxylic acids is 1. The van der Waals surface area contributed by atoms with E-state index in [0.717, 1.165) is 34.9 Å². The molecule has 3 nitrogen and oxygen atoms in total. The smallest absolute Gasteiger partial charge is 0.150 e. The molecule has 92 valence electrons. The molecule has 3 rings (SSSR count). The Balaban J connectivity index is 2.22. The summed E-state index contributed by atoms with van der Waals surface area (Å²) in [4.78, 5) is 19.5. The van der Waals surface area contributed by atoms with Gasteiger partial charge in [-0.1, -0.05) is 30.4 Å². The minimum absolute atomic E-state index is 0.639. The number of aromatic nitrogens is 2. The maximum Gasteiger partial charge on any atom is 0.150 e. The SMILES string of the molecule is O=Cc1ccc2ncnc(C3=CCC=CC=C3)c2c1. The average molecular weight is 248 g/mol. The lowest BCUT2D eigenvalue weighted by atomic mass is 10.0. The van der Waals surface area contributed by atoms with Crippen LogP contribution in [0.2, 0.25) is 0 Å². The fourth-order valence-corrected chi connectivity index (χ4v) is 2.13. The van der Waals surface area contributed by atoms with Crippen LogP contribution in [0.5, 0.6) is 0 Å². The molecule has 0 bridgehead atoms. The monoisotopic (exact) mass is 248 g/mol. The molecule has 0 N–H and O–H groups in total. The van der Waals surface area contributed by atoms with E-state index in [0.29, 0.717) is 5.56 Å². The van der Waals surface area contributed by atoms with E-state index in [-0.39, 0.29) is 0 Å². The Labute approximate surface area is 111 Å². The van der Waals surface area contributed by atoms with Gasteiger partial charge in [-0.3, -0.25) is 4.79 Å². The molecule has 2 aromatic rings. The third-order valence-corrected chi connectivity index (χ3v) is 3.07. The van der Waals surface area contributed by atoms with Crippen molar-refractivity contribution in [1.82, 2.24) is 9.97 Å². The van der Waals surface area contributed by atoms with Crippen molar-refractivity contribution in [2.24, 2.45) is 0 Å². The van der Waals surface area contributed by atoms with Gasteiger partial charge in [-0.2, -0.15) is 0 Å². The number of carbonyl (C=O) groups is 1. The predicted molar refractivity (Wildman–Crippen MR) is 75.8 cm³/mol. The van der Waals surface area contributed by atoms with E-state index < -0.39 is 0 Å². The first-order chi connectivity index (χ1) is 9.38. The van der Waals surface area contributed by atoms with E-state index in [2.05, 4.69) is 22.1 Å². The molecule has 1 aromatic carbocycles. The Morgan fingerprint density at radius 2 is 2.11 bits per heavy atom. The summed E-state index contributed by atoms with van der Waals surface area (Å²) in [6.07, 6.45) is 13.5. The van der Waals surface area contributed by atoms with Crippen LogP contribution in [0, 0.1) is 0 Å². The van der Waals surface area contributed by atoms with Crippen LogP contribution in [0.15, 0.2) is 54.9 Å². The molecular formula is C16H12N2O. The summed E-state index contributed by atoms with van der Waals surface area (Å²) in [5.41, 5.74) is 3.41. The fourth-order valence-electron chi connectivity index (χ4n) is 2.13. The van der Waals surface area contributed by atoms with Gasteiger partial charge in [-0.05, 0) is 30.2 Å². The number of rotatable bonds is 2. The molecule has 1 aliphatic rings. The number of nitrogens with zero attached hydrogens (tertiary/aromatic N) is 2. The van der Waals surface area contributed by atoms with Crippen molar-refractivity contribution in [2.45, 2.75) is 6.42 Å². The van der Waals surface area contributed by atoms with E-state index in [1.54, 1.807) is 12.4 Å². The Hall–Kier alpha value is -2.55. The highest BCUT2D eigenvalue weighted by Gasteiger charge is 2.08. The van der Waals surface area contributed by atoms with Gasteiger partial charge in [0.05, 0.1) is 11.2 Å². The van der Waals surface area contributed by atoms with Crippen LogP contribution in [0.4, 0.5) is 0 Å². The van der Waals surface area contributed by atoms with Crippen molar-refractivity contribution < 1.29 is 4.79 Å². The van der Waals surface area contributed by atoms with Crippen molar-refractivity contribution in [3.63, 3.8) is 0 Å². The van der Waals surface area contributed by atoms with Gasteiger partial charge in [0.15, 0.2) is 0 Å². The number of benzene rings is 1. The van der Waals surface area contributed by atoms with Crippen molar-refractivity contribution >= 4 is 22.8 Å². The minimum Gasteiger partial charge on any atom is -0.298 e. The van der Waals surface area contributed by atoms with E-state index in [9.17, 15) is 4.79 Å². The van der Waals surface area contributed by atoms with Crippen LogP contribution in [-0.4, -0.2) is 16.3 Å². The van der Waals surface area contributed by atoms with Crippen LogP contribution < -0.4 is 0 Å². The summed E-state index contributed by atoms with van der Waals surface area (Å²) in [7, 11) is 0. The van der Waals surface area contributed by atoms with Gasteiger partial charge in [0, 0.05) is 10.9 Å². The normalized spacial score (nSPS) is 14.2. The van der Waals surface area contributed by atoms with Gasteiger partial charge < -0.3 is 0 Å². The highest BCUT2D eigenvalue weighted by molar-refractivity contribution is 5.95. The maximum atomic E-state index is 10.9. The number of fused-ring (bicyclic) bond motifs is 1. The van der Waals surface area contributed by atoms with Gasteiger partial charge in [-0.15, -0.1) is 0 Å². The van der Waals surface area contributed by atoms with Crippen LogP contribution in [0.25, 0.3) is 16.5 Å². The van der Waals surface area contributed by atoms with Crippen molar-refractivity contribution in [3.05, 3.63) is 66.2 Å². The second-order valence-corrected chi connectivity index (χ2v) is 4.30. The second kappa shape index (κ2) is 4.98. The number of aldehydes is 1. The average Bonchev–Trinajstić information content (AvgIpc) is 2.75. The van der Waals surface area contributed by atoms with Gasteiger partial charge in [0.25, 0.3) is 0 Å². The number of allylic oxidation sites excluding steroid dienone is 6. The molecule has 1 aliphatic carbocycles. The molecule has 0 spiro atoms. The number of hydrogen-bond acceptors (Lipinski definition) is 3. The Morgan fingerprint density at radius 3 is 3.00 bits per heavy atom. The largest absolute Gasteiger partial charge is 0.298 e. The molecule has 0 atom stereocenters. The van der Waals surface area contributed by atoms with E-state index in [1.165, 1.54) is 0 Å². The van der Waals surface area contributed by atoms with Crippen LogP contribution in [-0.2, 0) is 0 Å². The zero-order valence-electron chi connectivity index (χ0n) is 10.3. The van der Waals surface area contributed by atoms with Crippen molar-refractivity contribution in [3.8, 4) is 0 Å². The lowest BCUT2D eigenvalue weighted by molar-refractivity contribution is 0.112. The predicted octanol–water partition coefficient (Wildman–Crippen LogP) is 3.34. The summed E-state index contributed by atoms with van der Waals surface area (Å²) in [6.45, 7) is 0. The fraction of sp³-hybridized carbons (Fsp3) is 0.0625. The molecular weight excluding hydrogens is 236 g/mol. The van der Waals surface area contributed by atoms with Gasteiger partial charge in [0.2, 0.25) is 0 Å². The Kier molecular flexibility index (Phi) is 3.02. The summed E-state index contributed by atoms with van der Waals surface area (Å²) in [5, 5.41) is 0.907. The third kappa shape index (κ3) is 2.22. The molecule has 0 saturated carbocycles. The highest BCUT2D eigenvalue weighted by Crippen LogP contribution is 2.24.